The van der Waals surface area contributed by atoms with Gasteiger partial charge in [0, 0.05) is 0 Å². The number of benzene rings is 3. The lowest BCUT2D eigenvalue weighted by molar-refractivity contribution is -0.113. The van der Waals surface area contributed by atoms with Gasteiger partial charge in [-0.25, -0.2) is 4.39 Å². The Balaban J connectivity index is 1.51. The molecule has 0 unspecified atom stereocenters. The standard InChI is InChI=1S/C25H20FNO4S2/c1-29-20-10-8-19(9-11-20)27-24(28)23(33-25(27)32)14-17-5-12-21(22(13-17)30-2)31-15-16-3-6-18(26)7-4-16/h3-14H,15H2,1-2H3/b23-14-. The maximum atomic E-state index is 13.1. The first-order valence-corrected chi connectivity index (χ1v) is 11.2. The summed E-state index contributed by atoms with van der Waals surface area (Å²) in [4.78, 5) is 15.0. The molecule has 1 aliphatic rings. The molecule has 0 aromatic heterocycles. The normalized spacial score (nSPS) is 14.6. The molecular formula is C25H20FNO4S2. The van der Waals surface area contributed by atoms with Gasteiger partial charge in [-0.3, -0.25) is 9.69 Å². The van der Waals surface area contributed by atoms with Crippen molar-refractivity contribution in [1.82, 2.24) is 0 Å². The summed E-state index contributed by atoms with van der Waals surface area (Å²) in [6.45, 7) is 0.274. The molecule has 8 heteroatoms. The fourth-order valence-electron chi connectivity index (χ4n) is 3.21. The van der Waals surface area contributed by atoms with Crippen LogP contribution in [0.1, 0.15) is 11.1 Å². The van der Waals surface area contributed by atoms with E-state index in [0.717, 1.165) is 11.1 Å². The molecule has 168 valence electrons. The second kappa shape index (κ2) is 10.1. The van der Waals surface area contributed by atoms with Gasteiger partial charge < -0.3 is 14.2 Å². The number of hydrogen-bond acceptors (Lipinski definition) is 6. The Hall–Kier alpha value is -3.36. The molecule has 0 N–H and O–H groups in total. The Morgan fingerprint density at radius 2 is 1.70 bits per heavy atom. The summed E-state index contributed by atoms with van der Waals surface area (Å²) in [5.41, 5.74) is 2.30. The van der Waals surface area contributed by atoms with E-state index in [-0.39, 0.29) is 18.3 Å². The zero-order valence-corrected chi connectivity index (χ0v) is 19.5. The van der Waals surface area contributed by atoms with Crippen LogP contribution in [0.25, 0.3) is 6.08 Å². The van der Waals surface area contributed by atoms with Gasteiger partial charge in [0.1, 0.15) is 18.2 Å². The minimum atomic E-state index is -0.293. The van der Waals surface area contributed by atoms with Crippen LogP contribution in [0.2, 0.25) is 0 Å². The highest BCUT2D eigenvalue weighted by atomic mass is 32.2. The van der Waals surface area contributed by atoms with Crippen LogP contribution < -0.4 is 19.1 Å². The summed E-state index contributed by atoms with van der Waals surface area (Å²) in [6.07, 6.45) is 1.77. The summed E-state index contributed by atoms with van der Waals surface area (Å²) >= 11 is 6.68. The van der Waals surface area contributed by atoms with Crippen molar-refractivity contribution >= 4 is 46.0 Å². The van der Waals surface area contributed by atoms with Crippen molar-refractivity contribution in [2.75, 3.05) is 19.1 Å². The van der Waals surface area contributed by atoms with Crippen molar-refractivity contribution in [2.24, 2.45) is 0 Å². The van der Waals surface area contributed by atoms with Crippen molar-refractivity contribution in [3.63, 3.8) is 0 Å². The lowest BCUT2D eigenvalue weighted by atomic mass is 10.1. The third-order valence-corrected chi connectivity index (χ3v) is 6.22. The highest BCUT2D eigenvalue weighted by molar-refractivity contribution is 8.27. The molecule has 1 heterocycles. The topological polar surface area (TPSA) is 48.0 Å². The van der Waals surface area contributed by atoms with Crippen LogP contribution in [0.5, 0.6) is 17.2 Å². The molecule has 1 fully saturated rings. The van der Waals surface area contributed by atoms with Crippen LogP contribution in [-0.2, 0) is 11.4 Å². The quantitative estimate of drug-likeness (QED) is 0.313. The van der Waals surface area contributed by atoms with Crippen LogP contribution in [0, 0.1) is 5.82 Å². The Bertz CT molecular complexity index is 1210. The summed E-state index contributed by atoms with van der Waals surface area (Å²) in [6, 6.07) is 18.7. The van der Waals surface area contributed by atoms with Gasteiger partial charge in [-0.05, 0) is 65.7 Å². The van der Waals surface area contributed by atoms with Crippen LogP contribution in [-0.4, -0.2) is 24.4 Å². The van der Waals surface area contributed by atoms with Crippen molar-refractivity contribution in [1.29, 1.82) is 0 Å². The molecule has 1 aliphatic heterocycles. The second-order valence-corrected chi connectivity index (χ2v) is 8.72. The van der Waals surface area contributed by atoms with Crippen molar-refractivity contribution < 1.29 is 23.4 Å². The highest BCUT2D eigenvalue weighted by Crippen LogP contribution is 2.37. The molecule has 4 rings (SSSR count). The van der Waals surface area contributed by atoms with Crippen molar-refractivity contribution in [3.8, 4) is 17.2 Å². The van der Waals surface area contributed by atoms with E-state index >= 15 is 0 Å². The lowest BCUT2D eigenvalue weighted by Gasteiger charge is -2.14. The van der Waals surface area contributed by atoms with Crippen LogP contribution in [0.3, 0.4) is 0 Å². The van der Waals surface area contributed by atoms with E-state index in [0.29, 0.717) is 32.2 Å². The highest BCUT2D eigenvalue weighted by Gasteiger charge is 2.33. The molecule has 0 atom stereocenters. The maximum Gasteiger partial charge on any atom is 0.270 e. The zero-order valence-electron chi connectivity index (χ0n) is 17.9. The molecule has 3 aromatic carbocycles. The van der Waals surface area contributed by atoms with Gasteiger partial charge in [-0.1, -0.05) is 42.2 Å². The number of nitrogens with zero attached hydrogens (tertiary/aromatic N) is 1. The van der Waals surface area contributed by atoms with Gasteiger partial charge in [0.2, 0.25) is 0 Å². The number of methoxy groups -OCH3 is 2. The van der Waals surface area contributed by atoms with Gasteiger partial charge in [0.25, 0.3) is 5.91 Å². The number of halogens is 1. The van der Waals surface area contributed by atoms with Crippen LogP contribution in [0.4, 0.5) is 10.1 Å². The predicted octanol–water partition coefficient (Wildman–Crippen LogP) is 5.83. The van der Waals surface area contributed by atoms with Crippen molar-refractivity contribution in [2.45, 2.75) is 6.61 Å². The first-order chi connectivity index (χ1) is 16.0. The molecule has 0 spiro atoms. The lowest BCUT2D eigenvalue weighted by Crippen LogP contribution is -2.27. The number of carbonyl (C=O) groups is 1. The summed E-state index contributed by atoms with van der Waals surface area (Å²) in [5, 5.41) is 0. The van der Waals surface area contributed by atoms with E-state index in [2.05, 4.69) is 0 Å². The van der Waals surface area contributed by atoms with E-state index < -0.39 is 0 Å². The third kappa shape index (κ3) is 5.18. The Morgan fingerprint density at radius 3 is 2.36 bits per heavy atom. The second-order valence-electron chi connectivity index (χ2n) is 7.04. The minimum Gasteiger partial charge on any atom is -0.497 e. The molecule has 0 aliphatic carbocycles. The van der Waals surface area contributed by atoms with Crippen molar-refractivity contribution in [3.05, 3.63) is 88.6 Å². The molecular weight excluding hydrogens is 461 g/mol. The molecule has 3 aromatic rings. The Morgan fingerprint density at radius 1 is 0.970 bits per heavy atom. The largest absolute Gasteiger partial charge is 0.497 e. The maximum absolute atomic E-state index is 13.1. The molecule has 33 heavy (non-hydrogen) atoms. The average Bonchev–Trinajstić information content (AvgIpc) is 3.11. The minimum absolute atomic E-state index is 0.189. The summed E-state index contributed by atoms with van der Waals surface area (Å²) < 4.78 is 30.0. The number of ether oxygens (including phenoxy) is 3. The molecule has 1 saturated heterocycles. The van der Waals surface area contributed by atoms with E-state index in [9.17, 15) is 9.18 Å². The monoisotopic (exact) mass is 481 g/mol. The van der Waals surface area contributed by atoms with E-state index in [1.807, 2.05) is 6.07 Å². The first kappa shape index (κ1) is 22.8. The van der Waals surface area contributed by atoms with Gasteiger partial charge >= 0.3 is 0 Å². The Kier molecular flexibility index (Phi) is 6.96. The number of thiocarbonyl (C=S) groups is 1. The molecule has 5 nitrogen and oxygen atoms in total. The van der Waals surface area contributed by atoms with Gasteiger partial charge in [-0.15, -0.1) is 0 Å². The average molecular weight is 482 g/mol. The molecule has 0 bridgehead atoms. The number of thioether (sulfide) groups is 1. The number of anilines is 1. The molecule has 0 radical (unpaired) electrons. The predicted molar refractivity (Wildman–Crippen MR) is 132 cm³/mol. The van der Waals surface area contributed by atoms with Gasteiger partial charge in [-0.2, -0.15) is 0 Å². The van der Waals surface area contributed by atoms with Gasteiger partial charge in [0.15, 0.2) is 15.8 Å². The third-order valence-electron chi connectivity index (χ3n) is 4.92. The smallest absolute Gasteiger partial charge is 0.270 e. The molecule has 1 amide bonds. The number of carbonyl (C=O) groups excluding carboxylic acids is 1. The van der Waals surface area contributed by atoms with E-state index in [1.54, 1.807) is 68.8 Å². The SMILES string of the molecule is COc1ccc(N2C(=O)/C(=C/c3ccc(OCc4ccc(F)cc4)c(OC)c3)SC2=S)cc1. The van der Waals surface area contributed by atoms with Crippen LogP contribution in [0.15, 0.2) is 71.6 Å². The first-order valence-electron chi connectivity index (χ1n) is 9.96. The summed E-state index contributed by atoms with van der Waals surface area (Å²) in [7, 11) is 3.14. The fraction of sp³-hybridized carbons (Fsp3) is 0.120. The molecule has 0 saturated carbocycles. The number of hydrogen-bond donors (Lipinski definition) is 0. The number of amides is 1. The number of rotatable bonds is 7. The Labute approximate surface area is 200 Å². The van der Waals surface area contributed by atoms with Crippen LogP contribution >= 0.6 is 24.0 Å². The summed E-state index contributed by atoms with van der Waals surface area (Å²) in [5.74, 6) is 1.29. The van der Waals surface area contributed by atoms with E-state index in [1.165, 1.54) is 28.8 Å². The fourth-order valence-corrected chi connectivity index (χ4v) is 4.51. The zero-order chi connectivity index (χ0) is 23.4. The van der Waals surface area contributed by atoms with E-state index in [4.69, 9.17) is 26.4 Å². The van der Waals surface area contributed by atoms with Gasteiger partial charge in [0.05, 0.1) is 24.8 Å².